The van der Waals surface area contributed by atoms with Crippen molar-refractivity contribution in [3.63, 3.8) is 0 Å². The minimum absolute atomic E-state index is 0.653. The minimum atomic E-state index is 0.653. The van der Waals surface area contributed by atoms with Crippen LogP contribution in [0.2, 0.25) is 0 Å². The average molecular weight is 453 g/mol. The molecule has 0 amide bonds. The molecule has 3 heteroatoms. The molecule has 3 saturated carbocycles. The SMILES string of the molecule is CCCC1CCC(C2CCC(/C=C/C3CCC(COc4cc(N)cc(N)c4)CC3)CC2)CC1. The zero-order chi connectivity index (χ0) is 23.0. The Hall–Kier alpha value is -1.64. The third-order valence-corrected chi connectivity index (χ3v) is 9.06. The lowest BCUT2D eigenvalue weighted by Crippen LogP contribution is -2.25. The van der Waals surface area contributed by atoms with E-state index in [0.29, 0.717) is 17.3 Å². The third kappa shape index (κ3) is 7.42. The van der Waals surface area contributed by atoms with E-state index >= 15 is 0 Å². The molecular weight excluding hydrogens is 404 g/mol. The number of nitrogens with two attached hydrogens (primary N) is 2. The van der Waals surface area contributed by atoms with E-state index in [2.05, 4.69) is 19.1 Å². The van der Waals surface area contributed by atoms with Crippen molar-refractivity contribution in [3.05, 3.63) is 30.4 Å². The molecule has 1 aromatic rings. The van der Waals surface area contributed by atoms with Gasteiger partial charge in [-0.3, -0.25) is 0 Å². The van der Waals surface area contributed by atoms with Gasteiger partial charge < -0.3 is 16.2 Å². The highest BCUT2D eigenvalue weighted by Crippen LogP contribution is 2.42. The number of allylic oxidation sites excluding steroid dienone is 2. The van der Waals surface area contributed by atoms with E-state index in [9.17, 15) is 0 Å². The number of ether oxygens (including phenoxy) is 1. The standard InChI is InChI=1S/C30H48N2O/c1-2-3-22-10-14-26(15-11-22)27-16-12-24(13-17-27)5-4-23-6-8-25(9-7-23)21-33-30-19-28(31)18-29(32)20-30/h4-5,18-20,22-27H,2-3,6-17,21,31-32H2,1H3/b5-4+. The fourth-order valence-corrected chi connectivity index (χ4v) is 6.97. The number of hydrogen-bond acceptors (Lipinski definition) is 3. The highest BCUT2D eigenvalue weighted by Gasteiger charge is 2.30. The van der Waals surface area contributed by atoms with Gasteiger partial charge >= 0.3 is 0 Å². The Morgan fingerprint density at radius 2 is 1.18 bits per heavy atom. The summed E-state index contributed by atoms with van der Waals surface area (Å²) in [5.74, 6) is 6.19. The van der Waals surface area contributed by atoms with Gasteiger partial charge in [0.1, 0.15) is 5.75 Å². The molecule has 4 rings (SSSR count). The molecule has 0 aromatic heterocycles. The molecule has 1 aromatic carbocycles. The van der Waals surface area contributed by atoms with Crippen LogP contribution in [0.4, 0.5) is 11.4 Å². The molecular formula is C30H48N2O. The van der Waals surface area contributed by atoms with E-state index in [1.54, 1.807) is 6.07 Å². The van der Waals surface area contributed by atoms with Gasteiger partial charge in [0.15, 0.2) is 0 Å². The third-order valence-electron chi connectivity index (χ3n) is 9.06. The predicted molar refractivity (Wildman–Crippen MR) is 141 cm³/mol. The lowest BCUT2D eigenvalue weighted by atomic mass is 9.68. The van der Waals surface area contributed by atoms with Crippen molar-refractivity contribution in [2.45, 2.75) is 96.8 Å². The van der Waals surface area contributed by atoms with E-state index in [0.717, 1.165) is 41.9 Å². The van der Waals surface area contributed by atoms with Crippen LogP contribution in [0.15, 0.2) is 30.4 Å². The maximum Gasteiger partial charge on any atom is 0.123 e. The second-order valence-corrected chi connectivity index (χ2v) is 11.6. The second kappa shape index (κ2) is 12.2. The first-order valence-electron chi connectivity index (χ1n) is 14.1. The summed E-state index contributed by atoms with van der Waals surface area (Å²) in [6.45, 7) is 3.13. The maximum absolute atomic E-state index is 6.00. The molecule has 3 fully saturated rings. The van der Waals surface area contributed by atoms with Crippen molar-refractivity contribution in [2.75, 3.05) is 18.1 Å². The summed E-state index contributed by atoms with van der Waals surface area (Å²) in [6.07, 6.45) is 25.1. The van der Waals surface area contributed by atoms with E-state index < -0.39 is 0 Å². The highest BCUT2D eigenvalue weighted by molar-refractivity contribution is 5.56. The smallest absolute Gasteiger partial charge is 0.123 e. The van der Waals surface area contributed by atoms with Gasteiger partial charge in [-0.25, -0.2) is 0 Å². The van der Waals surface area contributed by atoms with Gasteiger partial charge in [0, 0.05) is 23.5 Å². The van der Waals surface area contributed by atoms with E-state index in [-0.39, 0.29) is 0 Å². The van der Waals surface area contributed by atoms with Crippen molar-refractivity contribution < 1.29 is 4.74 Å². The molecule has 0 saturated heterocycles. The molecule has 0 bridgehead atoms. The molecule has 0 spiro atoms. The Morgan fingerprint density at radius 1 is 0.697 bits per heavy atom. The van der Waals surface area contributed by atoms with E-state index in [1.807, 2.05) is 12.1 Å². The number of rotatable bonds is 8. The Morgan fingerprint density at radius 3 is 1.73 bits per heavy atom. The van der Waals surface area contributed by atoms with Crippen molar-refractivity contribution in [1.82, 2.24) is 0 Å². The van der Waals surface area contributed by atoms with Gasteiger partial charge in [-0.15, -0.1) is 0 Å². The largest absolute Gasteiger partial charge is 0.493 e. The first kappa shape index (κ1) is 24.5. The summed E-state index contributed by atoms with van der Waals surface area (Å²) in [5, 5.41) is 0. The number of nitrogen functional groups attached to an aromatic ring is 2. The Kier molecular flexibility index (Phi) is 9.03. The number of hydrogen-bond donors (Lipinski definition) is 2. The summed E-state index contributed by atoms with van der Waals surface area (Å²) in [7, 11) is 0. The minimum Gasteiger partial charge on any atom is -0.493 e. The molecule has 4 N–H and O–H groups in total. The predicted octanol–water partition coefficient (Wildman–Crippen LogP) is 8.01. The fourth-order valence-electron chi connectivity index (χ4n) is 6.97. The van der Waals surface area contributed by atoms with E-state index in [1.165, 1.54) is 89.9 Å². The Bertz CT molecular complexity index is 715. The number of benzene rings is 1. The Balaban J connectivity index is 1.11. The van der Waals surface area contributed by atoms with Gasteiger partial charge in [-0.2, -0.15) is 0 Å². The van der Waals surface area contributed by atoms with Crippen LogP contribution in [0.1, 0.15) is 96.8 Å². The van der Waals surface area contributed by atoms with Crippen molar-refractivity contribution in [1.29, 1.82) is 0 Å². The summed E-state index contributed by atoms with van der Waals surface area (Å²) < 4.78 is 6.00. The average Bonchev–Trinajstić information content (AvgIpc) is 2.83. The molecule has 3 aliphatic rings. The molecule has 33 heavy (non-hydrogen) atoms. The van der Waals surface area contributed by atoms with Crippen LogP contribution in [0.25, 0.3) is 0 Å². The van der Waals surface area contributed by atoms with Crippen LogP contribution in [-0.4, -0.2) is 6.61 Å². The van der Waals surface area contributed by atoms with Crippen LogP contribution >= 0.6 is 0 Å². The normalized spacial score (nSPS) is 33.2. The van der Waals surface area contributed by atoms with Crippen LogP contribution in [0.3, 0.4) is 0 Å². The monoisotopic (exact) mass is 452 g/mol. The highest BCUT2D eigenvalue weighted by atomic mass is 16.5. The Labute approximate surface area is 202 Å². The first-order valence-corrected chi connectivity index (χ1v) is 14.1. The lowest BCUT2D eigenvalue weighted by molar-refractivity contribution is 0.152. The summed E-state index contributed by atoms with van der Waals surface area (Å²) in [5.41, 5.74) is 13.1. The second-order valence-electron chi connectivity index (χ2n) is 11.6. The van der Waals surface area contributed by atoms with Crippen LogP contribution < -0.4 is 16.2 Å². The molecule has 0 radical (unpaired) electrons. The summed E-state index contributed by atoms with van der Waals surface area (Å²) in [4.78, 5) is 0. The van der Waals surface area contributed by atoms with Crippen molar-refractivity contribution in [3.8, 4) is 5.75 Å². The molecule has 0 unspecified atom stereocenters. The zero-order valence-corrected chi connectivity index (χ0v) is 21.0. The number of anilines is 2. The summed E-state index contributed by atoms with van der Waals surface area (Å²) in [6, 6.07) is 5.52. The van der Waals surface area contributed by atoms with Gasteiger partial charge in [0.25, 0.3) is 0 Å². The van der Waals surface area contributed by atoms with Gasteiger partial charge in [0.2, 0.25) is 0 Å². The molecule has 0 aliphatic heterocycles. The molecule has 0 heterocycles. The fraction of sp³-hybridized carbons (Fsp3) is 0.733. The topological polar surface area (TPSA) is 61.3 Å². The lowest BCUT2D eigenvalue weighted by Gasteiger charge is -2.37. The van der Waals surface area contributed by atoms with Crippen LogP contribution in [-0.2, 0) is 0 Å². The van der Waals surface area contributed by atoms with Crippen LogP contribution in [0, 0.1) is 35.5 Å². The summed E-state index contributed by atoms with van der Waals surface area (Å²) >= 11 is 0. The zero-order valence-electron chi connectivity index (χ0n) is 21.0. The van der Waals surface area contributed by atoms with Crippen LogP contribution in [0.5, 0.6) is 5.75 Å². The quantitative estimate of drug-likeness (QED) is 0.310. The van der Waals surface area contributed by atoms with Gasteiger partial charge in [0.05, 0.1) is 6.61 Å². The van der Waals surface area contributed by atoms with E-state index in [4.69, 9.17) is 16.2 Å². The maximum atomic E-state index is 6.00. The van der Waals surface area contributed by atoms with Crippen molar-refractivity contribution >= 4 is 11.4 Å². The van der Waals surface area contributed by atoms with Crippen molar-refractivity contribution in [2.24, 2.45) is 35.5 Å². The van der Waals surface area contributed by atoms with Gasteiger partial charge in [-0.05, 0) is 106 Å². The molecule has 3 nitrogen and oxygen atoms in total. The van der Waals surface area contributed by atoms with Gasteiger partial charge in [-0.1, -0.05) is 44.8 Å². The first-order chi connectivity index (χ1) is 16.1. The molecule has 0 atom stereocenters. The molecule has 184 valence electrons. The molecule has 3 aliphatic carbocycles.